The largest absolute Gasteiger partial charge is 0.489 e. The number of ether oxygens (including phenoxy) is 3. The average molecular weight is 471 g/mol. The summed E-state index contributed by atoms with van der Waals surface area (Å²) in [6.45, 7) is 4.06. The van der Waals surface area contributed by atoms with Crippen molar-refractivity contribution in [3.63, 3.8) is 0 Å². The number of rotatable bonds is 7. The average Bonchev–Trinajstić information content (AvgIpc) is 3.30. The van der Waals surface area contributed by atoms with E-state index in [0.29, 0.717) is 0 Å². The second-order valence-electron chi connectivity index (χ2n) is 10.1. The molecule has 1 aliphatic carbocycles. The van der Waals surface area contributed by atoms with Gasteiger partial charge in [-0.05, 0) is 64.6 Å². The Labute approximate surface area is 202 Å². The maximum absolute atomic E-state index is 10.6. The summed E-state index contributed by atoms with van der Waals surface area (Å²) in [5.74, 6) is 0.939. The van der Waals surface area contributed by atoms with Gasteiger partial charge in [-0.2, -0.15) is 5.10 Å². The van der Waals surface area contributed by atoms with Crippen LogP contribution in [-0.2, 0) is 15.9 Å². The smallest absolute Gasteiger partial charge is 0.237 e. The summed E-state index contributed by atoms with van der Waals surface area (Å²) < 4.78 is 19.8. The Morgan fingerprint density at radius 1 is 1.15 bits per heavy atom. The lowest BCUT2D eigenvalue weighted by atomic mass is 9.91. The van der Waals surface area contributed by atoms with Gasteiger partial charge in [0.2, 0.25) is 6.41 Å². The molecule has 8 nitrogen and oxygen atoms in total. The molecule has 4 atom stereocenters. The van der Waals surface area contributed by atoms with Crippen LogP contribution in [0.2, 0.25) is 0 Å². The number of aliphatic hydroxyl groups excluding tert-OH is 1. The molecule has 1 aromatic heterocycles. The molecule has 8 heteroatoms. The van der Waals surface area contributed by atoms with Gasteiger partial charge in [-0.1, -0.05) is 0 Å². The molecular formula is C26H38N4O4. The first-order valence-corrected chi connectivity index (χ1v) is 12.6. The van der Waals surface area contributed by atoms with Gasteiger partial charge >= 0.3 is 0 Å². The Bertz CT molecular complexity index is 991. The zero-order chi connectivity index (χ0) is 23.8. The number of piperidine rings is 1. The molecule has 2 aromatic rings. The molecule has 0 bridgehead atoms. The van der Waals surface area contributed by atoms with Gasteiger partial charge in [0.15, 0.2) is 0 Å². The lowest BCUT2D eigenvalue weighted by molar-refractivity contribution is -0.0795. The number of aromatic nitrogens is 2. The monoisotopic (exact) mass is 470 g/mol. The standard InChI is InChI=1S/C26H38N4O4/c1-17-8-9-21-22(30(17)26(31)33-4)11-10-20(25(21)34-19-6-5-7-19)18-14-27-29(15-18)23-12-13-28(2)16-24(23)32-3/h10-11,14-15,17,19,23-24,26,31H,5-9,12-13,16H2,1-4H3/t17-,23?,24?,26?/m0/s1. The van der Waals surface area contributed by atoms with E-state index in [9.17, 15) is 5.11 Å². The Morgan fingerprint density at radius 2 is 1.97 bits per heavy atom. The van der Waals surface area contributed by atoms with Crippen molar-refractivity contribution < 1.29 is 19.3 Å². The summed E-state index contributed by atoms with van der Waals surface area (Å²) in [7, 11) is 5.46. The summed E-state index contributed by atoms with van der Waals surface area (Å²) >= 11 is 0. The summed E-state index contributed by atoms with van der Waals surface area (Å²) in [5.41, 5.74) is 4.28. The maximum atomic E-state index is 10.6. The highest BCUT2D eigenvalue weighted by Crippen LogP contribution is 2.45. The second kappa shape index (κ2) is 9.85. The summed E-state index contributed by atoms with van der Waals surface area (Å²) in [6, 6.07) is 4.62. The fraction of sp³-hybridized carbons (Fsp3) is 0.654. The van der Waals surface area contributed by atoms with Crippen LogP contribution < -0.4 is 9.64 Å². The third-order valence-electron chi connectivity index (χ3n) is 7.87. The van der Waals surface area contributed by atoms with E-state index >= 15 is 0 Å². The van der Waals surface area contributed by atoms with Gasteiger partial charge < -0.3 is 29.1 Å². The van der Waals surface area contributed by atoms with Gasteiger partial charge in [0.1, 0.15) is 5.75 Å². The number of benzene rings is 1. The molecule has 2 fully saturated rings. The lowest BCUT2D eigenvalue weighted by Crippen LogP contribution is -2.46. The highest BCUT2D eigenvalue weighted by atomic mass is 16.6. The van der Waals surface area contributed by atoms with Crippen LogP contribution in [0, 0.1) is 0 Å². The fourth-order valence-electron chi connectivity index (χ4n) is 5.55. The van der Waals surface area contributed by atoms with E-state index in [2.05, 4.69) is 41.9 Å². The van der Waals surface area contributed by atoms with Crippen LogP contribution in [0.15, 0.2) is 24.5 Å². The molecule has 0 amide bonds. The first kappa shape index (κ1) is 23.6. The van der Waals surface area contributed by atoms with Crippen LogP contribution in [0.4, 0.5) is 5.69 Å². The quantitative estimate of drug-likeness (QED) is 0.622. The van der Waals surface area contributed by atoms with Gasteiger partial charge in [0, 0.05) is 61.9 Å². The highest BCUT2D eigenvalue weighted by molar-refractivity contribution is 5.77. The van der Waals surface area contributed by atoms with E-state index in [1.54, 1.807) is 7.11 Å². The van der Waals surface area contributed by atoms with Gasteiger partial charge in [0.25, 0.3) is 0 Å². The molecule has 1 saturated carbocycles. The maximum Gasteiger partial charge on any atom is 0.237 e. The van der Waals surface area contributed by atoms with E-state index < -0.39 is 6.41 Å². The van der Waals surface area contributed by atoms with E-state index in [-0.39, 0.29) is 24.3 Å². The van der Waals surface area contributed by atoms with Crippen LogP contribution in [0.3, 0.4) is 0 Å². The molecule has 1 N–H and O–H groups in total. The normalized spacial score (nSPS) is 26.7. The predicted molar refractivity (Wildman–Crippen MR) is 131 cm³/mol. The van der Waals surface area contributed by atoms with E-state index in [1.165, 1.54) is 13.5 Å². The Kier molecular flexibility index (Phi) is 6.84. The van der Waals surface area contributed by atoms with Crippen molar-refractivity contribution in [2.24, 2.45) is 0 Å². The number of nitrogens with zero attached hydrogens (tertiary/aromatic N) is 4. The minimum atomic E-state index is -0.977. The minimum absolute atomic E-state index is 0.117. The third kappa shape index (κ3) is 4.33. The molecule has 5 rings (SSSR count). The zero-order valence-electron chi connectivity index (χ0n) is 20.8. The van der Waals surface area contributed by atoms with Crippen molar-refractivity contribution >= 4 is 5.69 Å². The number of hydrogen-bond acceptors (Lipinski definition) is 7. The molecular weight excluding hydrogens is 432 g/mol. The molecule has 0 radical (unpaired) electrons. The number of methoxy groups -OCH3 is 2. The molecule has 1 saturated heterocycles. The second-order valence-corrected chi connectivity index (χ2v) is 10.1. The number of hydrogen-bond donors (Lipinski definition) is 1. The molecule has 1 aromatic carbocycles. The molecule has 3 aliphatic rings. The zero-order valence-corrected chi connectivity index (χ0v) is 20.8. The van der Waals surface area contributed by atoms with Crippen molar-refractivity contribution in [3.05, 3.63) is 30.1 Å². The number of aliphatic hydroxyl groups is 1. The first-order chi connectivity index (χ1) is 16.5. The minimum Gasteiger partial charge on any atom is -0.489 e. The first-order valence-electron chi connectivity index (χ1n) is 12.6. The SMILES string of the molecule is COC1CN(C)CCC1n1cc(-c2ccc3c(c2OC2CCC2)CC[C@H](C)N3C(O)OC)cn1. The third-order valence-corrected chi connectivity index (χ3v) is 7.87. The summed E-state index contributed by atoms with van der Waals surface area (Å²) in [5, 5.41) is 15.3. The lowest BCUT2D eigenvalue weighted by Gasteiger charge is -2.40. The van der Waals surface area contributed by atoms with Gasteiger partial charge in [-0.15, -0.1) is 0 Å². The van der Waals surface area contributed by atoms with Crippen molar-refractivity contribution in [2.75, 3.05) is 39.3 Å². The van der Waals surface area contributed by atoms with Crippen LogP contribution in [0.5, 0.6) is 5.75 Å². The van der Waals surface area contributed by atoms with Crippen molar-refractivity contribution in [3.8, 4) is 16.9 Å². The Morgan fingerprint density at radius 3 is 2.68 bits per heavy atom. The van der Waals surface area contributed by atoms with Gasteiger partial charge in [-0.3, -0.25) is 4.68 Å². The van der Waals surface area contributed by atoms with Crippen LogP contribution in [-0.4, -0.2) is 78.8 Å². The number of fused-ring (bicyclic) bond motifs is 1. The summed E-state index contributed by atoms with van der Waals surface area (Å²) in [4.78, 5) is 4.27. The van der Waals surface area contributed by atoms with Crippen LogP contribution in [0.1, 0.15) is 50.6 Å². The number of anilines is 1. The van der Waals surface area contributed by atoms with Crippen molar-refractivity contribution in [1.82, 2.24) is 14.7 Å². The Balaban J connectivity index is 1.52. The van der Waals surface area contributed by atoms with E-state index in [1.807, 2.05) is 11.1 Å². The highest BCUT2D eigenvalue weighted by Gasteiger charge is 2.34. The molecule has 186 valence electrons. The van der Waals surface area contributed by atoms with Crippen LogP contribution >= 0.6 is 0 Å². The summed E-state index contributed by atoms with van der Waals surface area (Å²) in [6.07, 6.45) is 9.74. The molecule has 3 unspecified atom stereocenters. The topological polar surface area (TPSA) is 72.2 Å². The molecule has 2 aliphatic heterocycles. The van der Waals surface area contributed by atoms with Gasteiger partial charge in [-0.25, -0.2) is 0 Å². The van der Waals surface area contributed by atoms with E-state index in [0.717, 1.165) is 73.3 Å². The molecule has 3 heterocycles. The molecule has 34 heavy (non-hydrogen) atoms. The van der Waals surface area contributed by atoms with Crippen molar-refractivity contribution in [2.45, 2.75) is 76.2 Å². The predicted octanol–water partition coefficient (Wildman–Crippen LogP) is 3.44. The molecule has 0 spiro atoms. The fourth-order valence-corrected chi connectivity index (χ4v) is 5.55. The van der Waals surface area contributed by atoms with E-state index in [4.69, 9.17) is 19.3 Å². The number of likely N-dealkylation sites (tertiary alicyclic amines) is 1. The van der Waals surface area contributed by atoms with Gasteiger partial charge in [0.05, 0.1) is 24.4 Å². The number of likely N-dealkylation sites (N-methyl/N-ethyl adjacent to an activating group) is 1. The van der Waals surface area contributed by atoms with Crippen LogP contribution in [0.25, 0.3) is 11.1 Å². The Hall–Kier alpha value is -2.13. The van der Waals surface area contributed by atoms with Crippen molar-refractivity contribution in [1.29, 1.82) is 0 Å².